The maximum atomic E-state index is 3.40. The zero-order chi connectivity index (χ0) is 11.8. The fraction of sp³-hybridized carbons (Fsp3) is 0.467. The molecule has 1 atom stereocenters. The number of rotatable bonds is 2. The quantitative estimate of drug-likeness (QED) is 0.875. The molecule has 2 nitrogen and oxygen atoms in total. The molecule has 0 saturated carbocycles. The van der Waals surface area contributed by atoms with Gasteiger partial charge in [-0.1, -0.05) is 19.1 Å². The molecule has 0 radical (unpaired) electrons. The van der Waals surface area contributed by atoms with E-state index in [0.717, 1.165) is 13.0 Å². The first-order valence-electron chi connectivity index (χ1n) is 6.61. The highest BCUT2D eigenvalue weighted by atomic mass is 35.5. The van der Waals surface area contributed by atoms with Crippen molar-refractivity contribution in [2.75, 3.05) is 6.54 Å². The van der Waals surface area contributed by atoms with Crippen LogP contribution >= 0.6 is 12.4 Å². The van der Waals surface area contributed by atoms with Gasteiger partial charge in [0.05, 0.1) is 0 Å². The third kappa shape index (κ3) is 2.15. The van der Waals surface area contributed by atoms with E-state index in [4.69, 9.17) is 0 Å². The minimum atomic E-state index is 0. The molecule has 0 bridgehead atoms. The van der Waals surface area contributed by atoms with Crippen molar-refractivity contribution in [3.8, 4) is 0 Å². The van der Waals surface area contributed by atoms with Gasteiger partial charge in [0.2, 0.25) is 0 Å². The van der Waals surface area contributed by atoms with Crippen LogP contribution < -0.4 is 0 Å². The lowest BCUT2D eigenvalue weighted by Gasteiger charge is -2.26. The zero-order valence-corrected chi connectivity index (χ0v) is 11.9. The minimum Gasteiger partial charge on any atom is -0.361 e. The van der Waals surface area contributed by atoms with Gasteiger partial charge in [0.25, 0.3) is 0 Å². The summed E-state index contributed by atoms with van der Waals surface area (Å²) in [5.74, 6) is 0. The Hall–Kier alpha value is -0.990. The lowest BCUT2D eigenvalue weighted by Crippen LogP contribution is -2.33. The van der Waals surface area contributed by atoms with Gasteiger partial charge in [-0.2, -0.15) is 0 Å². The third-order valence-corrected chi connectivity index (χ3v) is 3.90. The highest BCUT2D eigenvalue weighted by molar-refractivity contribution is 5.87. The largest absolute Gasteiger partial charge is 0.361 e. The lowest BCUT2D eigenvalue weighted by molar-refractivity contribution is 0.203. The van der Waals surface area contributed by atoms with Crippen molar-refractivity contribution in [2.24, 2.45) is 0 Å². The highest BCUT2D eigenvalue weighted by Crippen LogP contribution is 2.29. The second kappa shape index (κ2) is 5.33. The number of nitrogens with zero attached hydrogens (tertiary/aromatic N) is 1. The molecule has 1 aromatic heterocycles. The van der Waals surface area contributed by atoms with Crippen LogP contribution in [0.1, 0.15) is 31.4 Å². The van der Waals surface area contributed by atoms with Gasteiger partial charge in [0.15, 0.2) is 0 Å². The molecule has 3 heteroatoms. The number of H-pyrrole nitrogens is 1. The number of aromatic nitrogens is 1. The summed E-state index contributed by atoms with van der Waals surface area (Å²) in [5, 5.41) is 1.47. The van der Waals surface area contributed by atoms with Crippen LogP contribution in [0.2, 0.25) is 0 Å². The van der Waals surface area contributed by atoms with Gasteiger partial charge in [-0.15, -0.1) is 12.4 Å². The Bertz CT molecular complexity index is 532. The van der Waals surface area contributed by atoms with Crippen molar-refractivity contribution >= 4 is 23.3 Å². The molecule has 1 N–H and O–H groups in total. The van der Waals surface area contributed by atoms with Crippen LogP contribution in [0.4, 0.5) is 0 Å². The van der Waals surface area contributed by atoms with Gasteiger partial charge >= 0.3 is 0 Å². The number of hydrogen-bond donors (Lipinski definition) is 1. The second-order valence-corrected chi connectivity index (χ2v) is 5.18. The van der Waals surface area contributed by atoms with Gasteiger partial charge < -0.3 is 4.98 Å². The highest BCUT2D eigenvalue weighted by Gasteiger charge is 2.21. The molecular weight excluding hydrogens is 244 g/mol. The first kappa shape index (κ1) is 13.4. The average Bonchev–Trinajstić information content (AvgIpc) is 2.66. The molecule has 3 rings (SSSR count). The summed E-state index contributed by atoms with van der Waals surface area (Å²) in [5.41, 5.74) is 4.27. The molecule has 2 aromatic rings. The van der Waals surface area contributed by atoms with E-state index in [2.05, 4.69) is 48.1 Å². The van der Waals surface area contributed by atoms with E-state index < -0.39 is 0 Å². The molecule has 98 valence electrons. The summed E-state index contributed by atoms with van der Waals surface area (Å²) in [6.07, 6.45) is 4.59. The van der Waals surface area contributed by atoms with E-state index in [1.165, 1.54) is 35.0 Å². The Labute approximate surface area is 115 Å². The van der Waals surface area contributed by atoms with E-state index in [9.17, 15) is 0 Å². The van der Waals surface area contributed by atoms with E-state index in [0.29, 0.717) is 6.04 Å². The van der Waals surface area contributed by atoms with Gasteiger partial charge in [-0.3, -0.25) is 4.90 Å². The number of aromatic amines is 1. The number of hydrogen-bond acceptors (Lipinski definition) is 1. The Morgan fingerprint density at radius 2 is 2.17 bits per heavy atom. The summed E-state index contributed by atoms with van der Waals surface area (Å²) < 4.78 is 0. The van der Waals surface area contributed by atoms with Crippen molar-refractivity contribution < 1.29 is 0 Å². The molecule has 18 heavy (non-hydrogen) atoms. The van der Waals surface area contributed by atoms with Crippen LogP contribution in [-0.4, -0.2) is 22.5 Å². The summed E-state index contributed by atoms with van der Waals surface area (Å²) in [4.78, 5) is 6.00. The van der Waals surface area contributed by atoms with Crippen LogP contribution in [0.5, 0.6) is 0 Å². The Morgan fingerprint density at radius 1 is 1.33 bits per heavy atom. The smallest absolute Gasteiger partial charge is 0.0460 e. The maximum Gasteiger partial charge on any atom is 0.0460 e. The van der Waals surface area contributed by atoms with Gasteiger partial charge in [0.1, 0.15) is 0 Å². The third-order valence-electron chi connectivity index (χ3n) is 3.90. The van der Waals surface area contributed by atoms with Crippen molar-refractivity contribution in [3.63, 3.8) is 0 Å². The molecule has 0 saturated heterocycles. The first-order chi connectivity index (χ1) is 8.29. The van der Waals surface area contributed by atoms with Gasteiger partial charge in [0, 0.05) is 29.7 Å². The van der Waals surface area contributed by atoms with Crippen molar-refractivity contribution in [2.45, 2.75) is 39.3 Å². The Morgan fingerprint density at radius 3 is 2.94 bits per heavy atom. The molecule has 1 unspecified atom stereocenters. The van der Waals surface area contributed by atoms with Crippen LogP contribution in [0, 0.1) is 0 Å². The summed E-state index contributed by atoms with van der Waals surface area (Å²) in [7, 11) is 0. The van der Waals surface area contributed by atoms with Crippen LogP contribution in [0.25, 0.3) is 10.9 Å². The molecule has 0 amide bonds. The lowest BCUT2D eigenvalue weighted by atomic mass is 10.0. The number of benzene rings is 1. The summed E-state index contributed by atoms with van der Waals surface area (Å²) >= 11 is 0. The van der Waals surface area contributed by atoms with Gasteiger partial charge in [-0.25, -0.2) is 0 Å². The molecule has 0 aliphatic carbocycles. The Balaban J connectivity index is 0.00000120. The van der Waals surface area contributed by atoms with Crippen LogP contribution in [0.3, 0.4) is 0 Å². The number of halogens is 1. The van der Waals surface area contributed by atoms with Crippen LogP contribution in [0.15, 0.2) is 24.4 Å². The maximum absolute atomic E-state index is 3.40. The molecule has 1 aromatic carbocycles. The van der Waals surface area contributed by atoms with Gasteiger partial charge in [-0.05, 0) is 43.5 Å². The predicted molar refractivity (Wildman–Crippen MR) is 79.4 cm³/mol. The van der Waals surface area contributed by atoms with Crippen molar-refractivity contribution in [1.29, 1.82) is 0 Å². The fourth-order valence-corrected chi connectivity index (χ4v) is 3.04. The fourth-order valence-electron chi connectivity index (χ4n) is 3.04. The normalized spacial score (nSPS) is 19.6. The van der Waals surface area contributed by atoms with E-state index in [1.807, 2.05) is 0 Å². The molecule has 0 spiro atoms. The first-order valence-corrected chi connectivity index (χ1v) is 6.61. The monoisotopic (exact) mass is 264 g/mol. The Kier molecular flexibility index (Phi) is 3.98. The topological polar surface area (TPSA) is 19.0 Å². The standard InChI is InChI=1S/C15H20N2.ClH/c1-3-7-17-10-12-5-4-6-14-15(12)13(9-16-14)8-11(17)2;/h4-6,9,11,16H,3,7-8,10H2,1-2H3;1H. The SMILES string of the molecule is CCCN1Cc2cccc3[nH]cc(c23)CC1C.Cl. The van der Waals surface area contributed by atoms with Crippen molar-refractivity contribution in [1.82, 2.24) is 9.88 Å². The van der Waals surface area contributed by atoms with Crippen LogP contribution in [-0.2, 0) is 13.0 Å². The van der Waals surface area contributed by atoms with Crippen molar-refractivity contribution in [3.05, 3.63) is 35.5 Å². The van der Waals surface area contributed by atoms with E-state index in [-0.39, 0.29) is 12.4 Å². The van der Waals surface area contributed by atoms with E-state index >= 15 is 0 Å². The molecule has 1 aliphatic heterocycles. The second-order valence-electron chi connectivity index (χ2n) is 5.18. The predicted octanol–water partition coefficient (Wildman–Crippen LogP) is 3.75. The summed E-state index contributed by atoms with van der Waals surface area (Å²) in [6, 6.07) is 7.27. The van der Waals surface area contributed by atoms with E-state index in [1.54, 1.807) is 0 Å². The zero-order valence-electron chi connectivity index (χ0n) is 11.1. The molecular formula is C15H21ClN2. The minimum absolute atomic E-state index is 0. The number of nitrogens with one attached hydrogen (secondary N) is 1. The molecule has 0 fully saturated rings. The average molecular weight is 265 g/mol. The molecule has 2 heterocycles. The summed E-state index contributed by atoms with van der Waals surface area (Å²) in [6.45, 7) is 6.90. The molecule has 1 aliphatic rings.